The van der Waals surface area contributed by atoms with Crippen molar-refractivity contribution in [2.45, 2.75) is 45.6 Å². The van der Waals surface area contributed by atoms with Crippen LogP contribution in [0.2, 0.25) is 0 Å². The van der Waals surface area contributed by atoms with Crippen molar-refractivity contribution in [2.24, 2.45) is 4.99 Å². The summed E-state index contributed by atoms with van der Waals surface area (Å²) in [5.41, 5.74) is 3.81. The van der Waals surface area contributed by atoms with Gasteiger partial charge < -0.3 is 20.1 Å². The fraction of sp³-hybridized carbons (Fsp3) is 0.500. The first-order valence-corrected chi connectivity index (χ1v) is 11.7. The highest BCUT2D eigenvalue weighted by molar-refractivity contribution is 5.79. The lowest BCUT2D eigenvalue weighted by molar-refractivity contribution is -0.0212. The van der Waals surface area contributed by atoms with Gasteiger partial charge in [0.2, 0.25) is 0 Å². The van der Waals surface area contributed by atoms with Gasteiger partial charge in [-0.05, 0) is 37.0 Å². The first kappa shape index (κ1) is 24.2. The van der Waals surface area contributed by atoms with E-state index < -0.39 is 0 Å². The predicted molar refractivity (Wildman–Crippen MR) is 131 cm³/mol. The lowest BCUT2D eigenvalue weighted by Crippen LogP contribution is -2.40. The number of nitrogens with one attached hydrogen (secondary N) is 2. The Morgan fingerprint density at radius 2 is 1.97 bits per heavy atom. The highest BCUT2D eigenvalue weighted by Crippen LogP contribution is 2.16. The third-order valence-corrected chi connectivity index (χ3v) is 5.66. The molecule has 2 atom stereocenters. The van der Waals surface area contributed by atoms with Gasteiger partial charge in [-0.15, -0.1) is 0 Å². The fourth-order valence-electron chi connectivity index (χ4n) is 3.90. The van der Waals surface area contributed by atoms with Gasteiger partial charge in [0.1, 0.15) is 0 Å². The molecule has 0 radical (unpaired) electrons. The molecule has 1 aliphatic heterocycles. The Hall–Kier alpha value is -2.41. The zero-order valence-electron chi connectivity index (χ0n) is 19.7. The second-order valence-corrected chi connectivity index (χ2v) is 8.37. The third kappa shape index (κ3) is 8.26. The predicted octanol–water partition coefficient (Wildman–Crippen LogP) is 3.74. The van der Waals surface area contributed by atoms with E-state index in [1.165, 1.54) is 16.7 Å². The topological polar surface area (TPSA) is 58.1 Å². The second-order valence-electron chi connectivity index (χ2n) is 8.37. The van der Waals surface area contributed by atoms with Gasteiger partial charge in [0.15, 0.2) is 5.96 Å². The van der Waals surface area contributed by atoms with Crippen LogP contribution in [-0.4, -0.2) is 56.9 Å². The maximum absolute atomic E-state index is 5.94. The summed E-state index contributed by atoms with van der Waals surface area (Å²) in [6.45, 7) is 10.3. The zero-order chi connectivity index (χ0) is 22.6. The van der Waals surface area contributed by atoms with E-state index in [1.54, 1.807) is 7.05 Å². The van der Waals surface area contributed by atoms with Gasteiger partial charge in [-0.1, -0.05) is 54.6 Å². The van der Waals surface area contributed by atoms with Crippen LogP contribution in [0.5, 0.6) is 0 Å². The number of morpholine rings is 1. The average Bonchev–Trinajstić information content (AvgIpc) is 2.81. The van der Waals surface area contributed by atoms with Gasteiger partial charge in [0, 0.05) is 46.4 Å². The second kappa shape index (κ2) is 13.2. The van der Waals surface area contributed by atoms with Gasteiger partial charge in [-0.25, -0.2) is 0 Å². The largest absolute Gasteiger partial charge is 0.376 e. The van der Waals surface area contributed by atoms with Crippen LogP contribution < -0.4 is 10.6 Å². The fourth-order valence-corrected chi connectivity index (χ4v) is 3.90. The molecule has 0 spiro atoms. The number of aliphatic imine (C=N–C) groups is 1. The Bertz CT molecular complexity index is 828. The molecular formula is C26H38N4O2. The van der Waals surface area contributed by atoms with Crippen molar-refractivity contribution in [3.63, 3.8) is 0 Å². The van der Waals surface area contributed by atoms with Gasteiger partial charge in [-0.2, -0.15) is 0 Å². The minimum absolute atomic E-state index is 0.113. The number of guanidine groups is 1. The summed E-state index contributed by atoms with van der Waals surface area (Å²) in [5.74, 6) is 0.813. The van der Waals surface area contributed by atoms with E-state index in [4.69, 9.17) is 9.47 Å². The molecule has 6 nitrogen and oxygen atoms in total. The molecule has 2 aromatic rings. The van der Waals surface area contributed by atoms with Crippen molar-refractivity contribution >= 4 is 5.96 Å². The SMILES string of the molecule is CN=C(NCCCOC(C)c1ccccc1)NCc1cccc(CN2CCOC(C)C2)c1. The van der Waals surface area contributed by atoms with Crippen molar-refractivity contribution in [2.75, 3.05) is 39.9 Å². The summed E-state index contributed by atoms with van der Waals surface area (Å²) in [7, 11) is 1.80. The Morgan fingerprint density at radius 1 is 1.16 bits per heavy atom. The summed E-state index contributed by atoms with van der Waals surface area (Å²) >= 11 is 0. The van der Waals surface area contributed by atoms with Gasteiger partial charge >= 0.3 is 0 Å². The molecule has 1 saturated heterocycles. The molecule has 32 heavy (non-hydrogen) atoms. The van der Waals surface area contributed by atoms with Crippen LogP contribution in [0, 0.1) is 0 Å². The standard InChI is InChI=1S/C26H38N4O2/c1-21-19-30(14-16-31-21)20-24-10-7-9-23(17-24)18-29-26(27-3)28-13-8-15-32-22(2)25-11-5-4-6-12-25/h4-7,9-12,17,21-22H,8,13-16,18-20H2,1-3H3,(H2,27,28,29). The highest BCUT2D eigenvalue weighted by Gasteiger charge is 2.16. The summed E-state index contributed by atoms with van der Waals surface area (Å²) in [4.78, 5) is 6.80. The summed E-state index contributed by atoms with van der Waals surface area (Å²) < 4.78 is 11.6. The van der Waals surface area contributed by atoms with E-state index >= 15 is 0 Å². The van der Waals surface area contributed by atoms with E-state index in [-0.39, 0.29) is 6.10 Å². The maximum atomic E-state index is 5.94. The molecule has 1 fully saturated rings. The van der Waals surface area contributed by atoms with Crippen LogP contribution in [0.25, 0.3) is 0 Å². The van der Waals surface area contributed by atoms with Crippen molar-refractivity contribution < 1.29 is 9.47 Å². The summed E-state index contributed by atoms with van der Waals surface area (Å²) in [6, 6.07) is 19.1. The number of nitrogens with zero attached hydrogens (tertiary/aromatic N) is 2. The summed E-state index contributed by atoms with van der Waals surface area (Å²) in [6.07, 6.45) is 1.35. The minimum atomic E-state index is 0.113. The number of ether oxygens (including phenoxy) is 2. The number of hydrogen-bond donors (Lipinski definition) is 2. The van der Waals surface area contributed by atoms with Crippen LogP contribution >= 0.6 is 0 Å². The first-order valence-electron chi connectivity index (χ1n) is 11.7. The highest BCUT2D eigenvalue weighted by atomic mass is 16.5. The van der Waals surface area contributed by atoms with Gasteiger partial charge in [0.05, 0.1) is 18.8 Å². The Kier molecular flexibility index (Phi) is 10.0. The molecular weight excluding hydrogens is 400 g/mol. The number of benzene rings is 2. The lowest BCUT2D eigenvalue weighted by Gasteiger charge is -2.31. The van der Waals surface area contributed by atoms with Crippen LogP contribution in [0.15, 0.2) is 59.6 Å². The van der Waals surface area contributed by atoms with Crippen LogP contribution in [0.4, 0.5) is 0 Å². The Labute approximate surface area is 193 Å². The quantitative estimate of drug-likeness (QED) is 0.336. The van der Waals surface area contributed by atoms with E-state index in [9.17, 15) is 0 Å². The van der Waals surface area contributed by atoms with Crippen LogP contribution in [0.1, 0.15) is 43.1 Å². The molecule has 0 saturated carbocycles. The lowest BCUT2D eigenvalue weighted by atomic mass is 10.1. The minimum Gasteiger partial charge on any atom is -0.376 e. The smallest absolute Gasteiger partial charge is 0.191 e. The van der Waals surface area contributed by atoms with E-state index in [2.05, 4.69) is 70.8 Å². The van der Waals surface area contributed by atoms with E-state index in [1.807, 2.05) is 18.2 Å². The molecule has 3 rings (SSSR count). The Balaban J connectivity index is 1.35. The zero-order valence-corrected chi connectivity index (χ0v) is 19.7. The van der Waals surface area contributed by atoms with E-state index in [0.29, 0.717) is 12.7 Å². The molecule has 1 heterocycles. The summed E-state index contributed by atoms with van der Waals surface area (Å²) in [5, 5.41) is 6.79. The van der Waals surface area contributed by atoms with Crippen molar-refractivity contribution in [1.29, 1.82) is 0 Å². The van der Waals surface area contributed by atoms with Crippen LogP contribution in [0.3, 0.4) is 0 Å². The molecule has 2 aromatic carbocycles. The van der Waals surface area contributed by atoms with Gasteiger partial charge in [0.25, 0.3) is 0 Å². The molecule has 0 aliphatic carbocycles. The average molecular weight is 439 g/mol. The molecule has 2 unspecified atom stereocenters. The van der Waals surface area contributed by atoms with Crippen LogP contribution in [-0.2, 0) is 22.6 Å². The number of hydrogen-bond acceptors (Lipinski definition) is 4. The van der Waals surface area contributed by atoms with Crippen molar-refractivity contribution in [3.05, 3.63) is 71.3 Å². The monoisotopic (exact) mass is 438 g/mol. The Morgan fingerprint density at radius 3 is 2.75 bits per heavy atom. The molecule has 0 bridgehead atoms. The van der Waals surface area contributed by atoms with E-state index in [0.717, 1.165) is 51.7 Å². The number of rotatable bonds is 10. The van der Waals surface area contributed by atoms with Crippen molar-refractivity contribution in [1.82, 2.24) is 15.5 Å². The molecule has 0 amide bonds. The molecule has 2 N–H and O–H groups in total. The molecule has 6 heteroatoms. The normalized spacial score (nSPS) is 18.3. The third-order valence-electron chi connectivity index (χ3n) is 5.66. The first-order chi connectivity index (χ1) is 15.6. The molecule has 0 aromatic heterocycles. The van der Waals surface area contributed by atoms with Crippen molar-refractivity contribution in [3.8, 4) is 0 Å². The molecule has 174 valence electrons. The molecule has 1 aliphatic rings. The maximum Gasteiger partial charge on any atom is 0.191 e. The van der Waals surface area contributed by atoms with Gasteiger partial charge in [-0.3, -0.25) is 9.89 Å².